The molecule has 0 aromatic heterocycles. The zero-order chi connectivity index (χ0) is 17.7. The maximum Gasteiger partial charge on any atom is 0.130 e. The zero-order valence-corrected chi connectivity index (χ0v) is 15.5. The number of hydrogen-bond donors (Lipinski definition) is 2. The Hall–Kier alpha value is -1.64. The topological polar surface area (TPSA) is 32.3 Å². The van der Waals surface area contributed by atoms with Gasteiger partial charge in [-0.2, -0.15) is 0 Å². The summed E-state index contributed by atoms with van der Waals surface area (Å²) in [7, 11) is 0. The summed E-state index contributed by atoms with van der Waals surface area (Å²) in [6.07, 6.45) is 6.34. The third kappa shape index (κ3) is 3.96. The molecule has 0 aliphatic heterocycles. The summed E-state index contributed by atoms with van der Waals surface area (Å²) >= 11 is 0. The van der Waals surface area contributed by atoms with E-state index >= 15 is 0 Å². The van der Waals surface area contributed by atoms with Crippen molar-refractivity contribution in [3.05, 3.63) is 71.8 Å². The van der Waals surface area contributed by atoms with Crippen molar-refractivity contribution in [1.29, 1.82) is 0 Å². The Kier molecular flexibility index (Phi) is 5.93. The van der Waals surface area contributed by atoms with Crippen molar-refractivity contribution in [1.82, 2.24) is 5.32 Å². The number of benzene rings is 2. The van der Waals surface area contributed by atoms with E-state index in [2.05, 4.69) is 19.2 Å². The van der Waals surface area contributed by atoms with E-state index in [0.29, 0.717) is 12.0 Å². The highest BCUT2D eigenvalue weighted by Crippen LogP contribution is 2.37. The predicted molar refractivity (Wildman–Crippen MR) is 105 cm³/mol. The van der Waals surface area contributed by atoms with Gasteiger partial charge < -0.3 is 10.4 Å². The third-order valence-corrected chi connectivity index (χ3v) is 5.56. The third-order valence-electron chi connectivity index (χ3n) is 5.56. The van der Waals surface area contributed by atoms with Crippen molar-refractivity contribution in [3.8, 4) is 0 Å². The molecule has 1 fully saturated rings. The summed E-state index contributed by atoms with van der Waals surface area (Å²) < 4.78 is 0. The van der Waals surface area contributed by atoms with Crippen LogP contribution in [0.5, 0.6) is 0 Å². The second kappa shape index (κ2) is 8.16. The zero-order valence-electron chi connectivity index (χ0n) is 15.5. The first-order chi connectivity index (χ1) is 12.1. The summed E-state index contributed by atoms with van der Waals surface area (Å²) in [5.74, 6) is 0.312. The maximum absolute atomic E-state index is 12.1. The second-order valence-corrected chi connectivity index (χ2v) is 7.72. The Morgan fingerprint density at radius 3 is 1.76 bits per heavy atom. The highest BCUT2D eigenvalue weighted by molar-refractivity contribution is 5.38. The molecule has 2 aromatic carbocycles. The molecule has 2 nitrogen and oxygen atoms in total. The molecule has 134 valence electrons. The molecule has 2 N–H and O–H groups in total. The lowest BCUT2D eigenvalue weighted by Crippen LogP contribution is -2.55. The average molecular weight is 338 g/mol. The fourth-order valence-electron chi connectivity index (χ4n) is 4.23. The number of rotatable bonds is 6. The molecule has 0 saturated heterocycles. The molecule has 1 aliphatic carbocycles. The van der Waals surface area contributed by atoms with E-state index in [9.17, 15) is 5.11 Å². The molecule has 0 bridgehead atoms. The molecule has 25 heavy (non-hydrogen) atoms. The van der Waals surface area contributed by atoms with Crippen molar-refractivity contribution in [2.45, 2.75) is 63.6 Å². The minimum atomic E-state index is -1.03. The van der Waals surface area contributed by atoms with Crippen molar-refractivity contribution in [2.24, 2.45) is 5.92 Å². The normalized spacial score (nSPS) is 17.6. The van der Waals surface area contributed by atoms with E-state index < -0.39 is 5.60 Å². The molecule has 1 atom stereocenters. The molecule has 0 amide bonds. The van der Waals surface area contributed by atoms with Gasteiger partial charge in [0, 0.05) is 12.1 Å². The molecular weight excluding hydrogens is 306 g/mol. The van der Waals surface area contributed by atoms with Gasteiger partial charge in [0.1, 0.15) is 5.60 Å². The van der Waals surface area contributed by atoms with Gasteiger partial charge >= 0.3 is 0 Å². The van der Waals surface area contributed by atoms with Crippen LogP contribution >= 0.6 is 0 Å². The fraction of sp³-hybridized carbons (Fsp3) is 0.478. The van der Waals surface area contributed by atoms with E-state index in [1.807, 2.05) is 60.7 Å². The molecule has 0 heterocycles. The summed E-state index contributed by atoms with van der Waals surface area (Å²) in [6, 6.07) is 20.7. The first-order valence-electron chi connectivity index (χ1n) is 9.72. The lowest BCUT2D eigenvalue weighted by molar-refractivity contribution is 0.0119. The van der Waals surface area contributed by atoms with Gasteiger partial charge in [-0.1, -0.05) is 93.8 Å². The first-order valence-corrected chi connectivity index (χ1v) is 9.72. The molecule has 3 rings (SSSR count). The Labute approximate surface area is 152 Å². The van der Waals surface area contributed by atoms with Crippen molar-refractivity contribution >= 4 is 0 Å². The first kappa shape index (κ1) is 18.2. The molecule has 2 aromatic rings. The van der Waals surface area contributed by atoms with Crippen LogP contribution in [0.15, 0.2) is 60.7 Å². The largest absolute Gasteiger partial charge is 0.379 e. The van der Waals surface area contributed by atoms with E-state index in [1.165, 1.54) is 32.1 Å². The van der Waals surface area contributed by atoms with Crippen LogP contribution in [0.3, 0.4) is 0 Å². The average Bonchev–Trinajstić information content (AvgIpc) is 2.67. The van der Waals surface area contributed by atoms with Crippen LogP contribution in [0.4, 0.5) is 0 Å². The van der Waals surface area contributed by atoms with E-state index in [-0.39, 0.29) is 6.04 Å². The Balaban J connectivity index is 2.01. The van der Waals surface area contributed by atoms with E-state index in [1.54, 1.807) is 0 Å². The van der Waals surface area contributed by atoms with Crippen LogP contribution in [0.25, 0.3) is 0 Å². The number of nitrogens with one attached hydrogen (secondary N) is 1. The van der Waals surface area contributed by atoms with Gasteiger partial charge in [-0.15, -0.1) is 0 Å². The van der Waals surface area contributed by atoms with E-state index in [0.717, 1.165) is 11.1 Å². The highest BCUT2D eigenvalue weighted by Gasteiger charge is 2.42. The van der Waals surface area contributed by atoms with Crippen molar-refractivity contribution in [2.75, 3.05) is 0 Å². The summed E-state index contributed by atoms with van der Waals surface area (Å²) in [5.41, 5.74) is 0.889. The fourth-order valence-corrected chi connectivity index (χ4v) is 4.23. The van der Waals surface area contributed by atoms with Crippen LogP contribution in [0.1, 0.15) is 57.1 Å². The van der Waals surface area contributed by atoms with Gasteiger partial charge in [0.05, 0.1) is 0 Å². The van der Waals surface area contributed by atoms with Crippen LogP contribution in [-0.4, -0.2) is 17.2 Å². The van der Waals surface area contributed by atoms with Gasteiger partial charge in [0.15, 0.2) is 0 Å². The minimum Gasteiger partial charge on any atom is -0.379 e. The molecule has 2 heteroatoms. The minimum absolute atomic E-state index is 0.0274. The second-order valence-electron chi connectivity index (χ2n) is 7.72. The SMILES string of the molecule is CC(C)C(NC1CCCCC1)C(O)(c1ccccc1)c1ccccc1. The molecular formula is C23H31NO. The van der Waals surface area contributed by atoms with Crippen LogP contribution in [0.2, 0.25) is 0 Å². The van der Waals surface area contributed by atoms with Gasteiger partial charge in [0.25, 0.3) is 0 Å². The summed E-state index contributed by atoms with van der Waals surface area (Å²) in [4.78, 5) is 0. The molecule has 0 radical (unpaired) electrons. The van der Waals surface area contributed by atoms with Gasteiger partial charge in [0.2, 0.25) is 0 Å². The monoisotopic (exact) mass is 337 g/mol. The molecule has 0 spiro atoms. The lowest BCUT2D eigenvalue weighted by Gasteiger charge is -2.42. The predicted octanol–water partition coefficient (Wildman–Crippen LogP) is 4.87. The standard InChI is InChI=1S/C23H31NO/c1-18(2)22(24-21-16-10-5-11-17-21)23(25,19-12-6-3-7-13-19)20-14-8-4-9-15-20/h3-4,6-9,12-15,18,21-22,24-25H,5,10-11,16-17H2,1-2H3. The molecule has 1 saturated carbocycles. The molecule has 1 aliphatic rings. The van der Waals surface area contributed by atoms with Gasteiger partial charge in [-0.25, -0.2) is 0 Å². The summed E-state index contributed by atoms with van der Waals surface area (Å²) in [6.45, 7) is 4.41. The molecule has 1 unspecified atom stereocenters. The van der Waals surface area contributed by atoms with Crippen LogP contribution < -0.4 is 5.32 Å². The lowest BCUT2D eigenvalue weighted by atomic mass is 9.75. The smallest absolute Gasteiger partial charge is 0.130 e. The number of hydrogen-bond acceptors (Lipinski definition) is 2. The van der Waals surface area contributed by atoms with Crippen LogP contribution in [0, 0.1) is 5.92 Å². The van der Waals surface area contributed by atoms with E-state index in [4.69, 9.17) is 0 Å². The maximum atomic E-state index is 12.1. The Morgan fingerprint density at radius 1 is 0.840 bits per heavy atom. The van der Waals surface area contributed by atoms with Crippen molar-refractivity contribution < 1.29 is 5.11 Å². The Bertz CT molecular complexity index is 592. The highest BCUT2D eigenvalue weighted by atomic mass is 16.3. The van der Waals surface area contributed by atoms with Crippen molar-refractivity contribution in [3.63, 3.8) is 0 Å². The number of aliphatic hydroxyl groups is 1. The van der Waals surface area contributed by atoms with Crippen LogP contribution in [-0.2, 0) is 5.60 Å². The van der Waals surface area contributed by atoms with Gasteiger partial charge in [-0.3, -0.25) is 0 Å². The summed E-state index contributed by atoms with van der Waals surface area (Å²) in [5, 5.41) is 15.9. The van der Waals surface area contributed by atoms with Gasteiger partial charge in [-0.05, 0) is 29.9 Å². The Morgan fingerprint density at radius 2 is 1.32 bits per heavy atom. The quantitative estimate of drug-likeness (QED) is 0.788.